The zero-order valence-corrected chi connectivity index (χ0v) is 20.7. The number of aryl methyl sites for hydroxylation is 1. The van der Waals surface area contributed by atoms with Gasteiger partial charge in [-0.3, -0.25) is 4.79 Å². The topological polar surface area (TPSA) is 85.2 Å². The highest BCUT2D eigenvalue weighted by Gasteiger charge is 2.33. The number of aliphatic hydroxyl groups is 1. The maximum Gasteiger partial charge on any atom is 0.344 e. The Kier molecular flexibility index (Phi) is 8.02. The van der Waals surface area contributed by atoms with E-state index in [2.05, 4.69) is 11.1 Å². The lowest BCUT2D eigenvalue weighted by Crippen LogP contribution is -2.14. The molecule has 1 aliphatic heterocycles. The van der Waals surface area contributed by atoms with Crippen LogP contribution in [0.5, 0.6) is 5.75 Å². The minimum Gasteiger partial charge on any atom is -0.506 e. The molecule has 0 atom stereocenters. The predicted octanol–water partition coefficient (Wildman–Crippen LogP) is 6.28. The molecule has 1 N–H and O–H groups in total. The molecule has 7 heteroatoms. The normalized spacial score (nSPS) is 15.4. The van der Waals surface area contributed by atoms with Crippen molar-refractivity contribution in [3.05, 3.63) is 117 Å². The number of carbonyl (C=O) groups is 2. The molecule has 182 valence electrons. The van der Waals surface area contributed by atoms with Crippen LogP contribution in [0.2, 0.25) is 0 Å². The Morgan fingerprint density at radius 3 is 2.44 bits per heavy atom. The third kappa shape index (κ3) is 6.12. The van der Waals surface area contributed by atoms with Gasteiger partial charge in [-0.05, 0) is 55.3 Å². The van der Waals surface area contributed by atoms with E-state index in [-0.39, 0.29) is 23.0 Å². The largest absolute Gasteiger partial charge is 0.506 e. The van der Waals surface area contributed by atoms with Crippen LogP contribution in [-0.2, 0) is 16.1 Å². The molecule has 3 aromatic rings. The number of benzene rings is 3. The Morgan fingerprint density at radius 1 is 1.00 bits per heavy atom. The fourth-order valence-electron chi connectivity index (χ4n) is 3.51. The van der Waals surface area contributed by atoms with Crippen molar-refractivity contribution in [2.75, 3.05) is 6.61 Å². The van der Waals surface area contributed by atoms with Gasteiger partial charge in [-0.1, -0.05) is 71.9 Å². The molecule has 0 spiro atoms. The lowest BCUT2D eigenvalue weighted by molar-refractivity contribution is -0.138. The first kappa shape index (κ1) is 25.0. The van der Waals surface area contributed by atoms with Crippen molar-refractivity contribution in [2.24, 2.45) is 4.99 Å². The first-order valence-electron chi connectivity index (χ1n) is 11.4. The standard InChI is InChI=1S/C29H25NO5S/c1-3-34-29(33)25-26(31)24(36-28(25)30-27(32)22-10-5-4-6-11-22)17-20-12-14-23(15-13-20)35-18-21-9-7-8-19(2)16-21/h4-17,31H,3,18H2,1-2H3/b24-17-,30-28?. The molecule has 0 bridgehead atoms. The third-order valence-electron chi connectivity index (χ3n) is 5.26. The predicted molar refractivity (Wildman–Crippen MR) is 142 cm³/mol. The quantitative estimate of drug-likeness (QED) is 0.385. The van der Waals surface area contributed by atoms with E-state index in [0.717, 1.165) is 22.9 Å². The first-order chi connectivity index (χ1) is 17.4. The number of aliphatic imine (C=N–C) groups is 1. The summed E-state index contributed by atoms with van der Waals surface area (Å²) in [7, 11) is 0. The van der Waals surface area contributed by atoms with Crippen LogP contribution in [0.15, 0.2) is 100 Å². The summed E-state index contributed by atoms with van der Waals surface area (Å²) in [4.78, 5) is 29.7. The second-order valence-corrected chi connectivity index (χ2v) is 9.02. The lowest BCUT2D eigenvalue weighted by Gasteiger charge is -2.07. The number of thioether (sulfide) groups is 1. The van der Waals surface area contributed by atoms with Gasteiger partial charge in [0, 0.05) is 5.56 Å². The summed E-state index contributed by atoms with van der Waals surface area (Å²) >= 11 is 1.05. The summed E-state index contributed by atoms with van der Waals surface area (Å²) in [6, 6.07) is 24.0. The highest BCUT2D eigenvalue weighted by Crippen LogP contribution is 2.39. The molecule has 0 aromatic heterocycles. The summed E-state index contributed by atoms with van der Waals surface area (Å²) in [5.41, 5.74) is 3.31. The molecule has 0 unspecified atom stereocenters. The Hall–Kier alpha value is -4.10. The second-order valence-electron chi connectivity index (χ2n) is 7.99. The number of nitrogens with zero attached hydrogens (tertiary/aromatic N) is 1. The van der Waals surface area contributed by atoms with E-state index >= 15 is 0 Å². The second kappa shape index (κ2) is 11.6. The molecule has 1 aliphatic rings. The van der Waals surface area contributed by atoms with Gasteiger partial charge in [0.1, 0.15) is 28.7 Å². The van der Waals surface area contributed by atoms with E-state index in [1.165, 1.54) is 5.56 Å². The first-order valence-corrected chi connectivity index (χ1v) is 12.2. The van der Waals surface area contributed by atoms with E-state index < -0.39 is 11.9 Å². The molecule has 6 nitrogen and oxygen atoms in total. The highest BCUT2D eigenvalue weighted by molar-refractivity contribution is 8.18. The number of ether oxygens (including phenoxy) is 2. The minimum absolute atomic E-state index is 0.101. The van der Waals surface area contributed by atoms with Crippen LogP contribution in [0.3, 0.4) is 0 Å². The van der Waals surface area contributed by atoms with Crippen LogP contribution in [-0.4, -0.2) is 28.6 Å². The van der Waals surface area contributed by atoms with Crippen LogP contribution in [0.25, 0.3) is 6.08 Å². The monoisotopic (exact) mass is 499 g/mol. The molecule has 0 aliphatic carbocycles. The van der Waals surface area contributed by atoms with Crippen molar-refractivity contribution < 1.29 is 24.2 Å². The summed E-state index contributed by atoms with van der Waals surface area (Å²) in [5.74, 6) is -0.798. The molecule has 1 amide bonds. The fraction of sp³-hybridized carbons (Fsp3) is 0.138. The Labute approximate surface area is 214 Å². The SMILES string of the molecule is CCOC(=O)C1=C(O)/C(=C/c2ccc(OCc3cccc(C)c3)cc2)SC1=NC(=O)c1ccccc1. The van der Waals surface area contributed by atoms with Crippen molar-refractivity contribution in [3.8, 4) is 5.75 Å². The number of carbonyl (C=O) groups excluding carboxylic acids is 2. The van der Waals surface area contributed by atoms with Gasteiger partial charge in [-0.15, -0.1) is 0 Å². The Bertz CT molecular complexity index is 1360. The van der Waals surface area contributed by atoms with Gasteiger partial charge < -0.3 is 14.6 Å². The summed E-state index contributed by atoms with van der Waals surface area (Å²) in [5, 5.41) is 10.9. The molecule has 0 radical (unpaired) electrons. The molecule has 1 heterocycles. The summed E-state index contributed by atoms with van der Waals surface area (Å²) in [6.07, 6.45) is 1.72. The van der Waals surface area contributed by atoms with Gasteiger partial charge in [-0.2, -0.15) is 0 Å². The van der Waals surface area contributed by atoms with E-state index in [4.69, 9.17) is 9.47 Å². The van der Waals surface area contributed by atoms with Crippen LogP contribution in [0.1, 0.15) is 34.0 Å². The highest BCUT2D eigenvalue weighted by atomic mass is 32.2. The maximum atomic E-state index is 12.6. The van der Waals surface area contributed by atoms with Crippen LogP contribution in [0.4, 0.5) is 0 Å². The van der Waals surface area contributed by atoms with Gasteiger partial charge >= 0.3 is 5.97 Å². The molecular weight excluding hydrogens is 474 g/mol. The maximum absolute atomic E-state index is 12.6. The van der Waals surface area contributed by atoms with E-state index in [0.29, 0.717) is 22.8 Å². The molecule has 4 rings (SSSR count). The van der Waals surface area contributed by atoms with Gasteiger partial charge in [0.15, 0.2) is 0 Å². The van der Waals surface area contributed by atoms with Crippen molar-refractivity contribution in [1.82, 2.24) is 0 Å². The molecule has 0 saturated carbocycles. The van der Waals surface area contributed by atoms with E-state index in [9.17, 15) is 14.7 Å². The summed E-state index contributed by atoms with van der Waals surface area (Å²) < 4.78 is 11.0. The van der Waals surface area contributed by atoms with Crippen LogP contribution >= 0.6 is 11.8 Å². The molecular formula is C29H25NO5S. The van der Waals surface area contributed by atoms with Crippen molar-refractivity contribution >= 4 is 34.8 Å². The average molecular weight is 500 g/mol. The number of hydrogen-bond acceptors (Lipinski definition) is 6. The molecule has 3 aromatic carbocycles. The van der Waals surface area contributed by atoms with Gasteiger partial charge in [-0.25, -0.2) is 9.79 Å². The smallest absolute Gasteiger partial charge is 0.344 e. The van der Waals surface area contributed by atoms with E-state index in [1.807, 2.05) is 49.4 Å². The van der Waals surface area contributed by atoms with Gasteiger partial charge in [0.05, 0.1) is 11.5 Å². The van der Waals surface area contributed by atoms with Crippen molar-refractivity contribution in [1.29, 1.82) is 0 Å². The van der Waals surface area contributed by atoms with Crippen molar-refractivity contribution in [2.45, 2.75) is 20.5 Å². The van der Waals surface area contributed by atoms with Gasteiger partial charge in [0.25, 0.3) is 5.91 Å². The zero-order chi connectivity index (χ0) is 25.5. The third-order valence-corrected chi connectivity index (χ3v) is 6.28. The fourth-order valence-corrected chi connectivity index (χ4v) is 4.52. The number of esters is 1. The molecule has 0 saturated heterocycles. The van der Waals surface area contributed by atoms with E-state index in [1.54, 1.807) is 43.3 Å². The Morgan fingerprint density at radius 2 is 1.75 bits per heavy atom. The van der Waals surface area contributed by atoms with Gasteiger partial charge in [0.2, 0.25) is 0 Å². The average Bonchev–Trinajstić information content (AvgIpc) is 3.18. The number of amides is 1. The molecule has 36 heavy (non-hydrogen) atoms. The van der Waals surface area contributed by atoms with Crippen LogP contribution < -0.4 is 4.74 Å². The lowest BCUT2D eigenvalue weighted by atomic mass is 10.1. The number of hydrogen-bond donors (Lipinski definition) is 1. The summed E-state index contributed by atoms with van der Waals surface area (Å²) in [6.45, 7) is 4.30. The molecule has 0 fully saturated rings. The number of rotatable bonds is 7. The minimum atomic E-state index is -0.731. The van der Waals surface area contributed by atoms with Crippen molar-refractivity contribution in [3.63, 3.8) is 0 Å². The zero-order valence-electron chi connectivity index (χ0n) is 19.9. The Balaban J connectivity index is 1.54. The number of aliphatic hydroxyl groups excluding tert-OH is 1. The van der Waals surface area contributed by atoms with Crippen LogP contribution in [0, 0.1) is 6.92 Å².